The molecule has 0 amide bonds. The Morgan fingerprint density at radius 3 is 1.69 bits per heavy atom. The van der Waals surface area contributed by atoms with E-state index in [0.717, 1.165) is 25.7 Å². The smallest absolute Gasteiger partial charge is 0.132 e. The van der Waals surface area contributed by atoms with Crippen molar-refractivity contribution < 1.29 is 14.9 Å². The molecule has 1 saturated carbocycles. The Hall–Kier alpha value is -0.410. The summed E-state index contributed by atoms with van der Waals surface area (Å²) in [6.45, 7) is 5.31. The van der Waals surface area contributed by atoms with E-state index in [2.05, 4.69) is 4.89 Å². The van der Waals surface area contributed by atoms with Crippen LogP contribution in [0.1, 0.15) is 52.9 Å². The van der Waals surface area contributed by atoms with Crippen LogP contribution in [0.2, 0.25) is 0 Å². The van der Waals surface area contributed by atoms with Crippen LogP contribution in [0.15, 0.2) is 0 Å². The summed E-state index contributed by atoms with van der Waals surface area (Å²) < 4.78 is 0. The zero-order valence-corrected chi connectivity index (χ0v) is 8.80. The molecule has 78 valence electrons. The van der Waals surface area contributed by atoms with E-state index in [1.165, 1.54) is 6.42 Å². The molecule has 1 aliphatic carbocycles. The van der Waals surface area contributed by atoms with Crippen LogP contribution in [-0.2, 0) is 9.68 Å². The number of ketones is 1. The number of hydrogen-bond donors (Lipinski definition) is 1. The van der Waals surface area contributed by atoms with Crippen molar-refractivity contribution >= 4 is 5.78 Å². The molecule has 3 nitrogen and oxygen atoms in total. The largest absolute Gasteiger partial charge is 0.300 e. The zero-order chi connectivity index (χ0) is 10.3. The standard InChI is InChI=1S/C6H10O.C4H10O2/c7-6-4-2-1-3-5-6;1-4(2,3)6-5/h1-5H2;5H,1-3H3. The van der Waals surface area contributed by atoms with Gasteiger partial charge in [-0.25, -0.2) is 4.89 Å². The summed E-state index contributed by atoms with van der Waals surface area (Å²) in [4.78, 5) is 14.4. The van der Waals surface area contributed by atoms with Crippen molar-refractivity contribution in [3.8, 4) is 0 Å². The molecule has 1 N–H and O–H groups in total. The van der Waals surface area contributed by atoms with Crippen molar-refractivity contribution in [2.24, 2.45) is 0 Å². The van der Waals surface area contributed by atoms with Crippen LogP contribution >= 0.6 is 0 Å². The maximum atomic E-state index is 10.5. The van der Waals surface area contributed by atoms with Gasteiger partial charge in [-0.2, -0.15) is 0 Å². The molecule has 0 atom stereocenters. The van der Waals surface area contributed by atoms with E-state index in [0.29, 0.717) is 5.78 Å². The first-order chi connectivity index (χ1) is 5.95. The summed E-state index contributed by atoms with van der Waals surface area (Å²) >= 11 is 0. The number of carbonyl (C=O) groups excluding carboxylic acids is 1. The minimum absolute atomic E-state index is 0.403. The number of hydrogen-bond acceptors (Lipinski definition) is 3. The molecule has 0 bridgehead atoms. The van der Waals surface area contributed by atoms with Crippen molar-refractivity contribution in [1.29, 1.82) is 0 Å². The Labute approximate surface area is 80.0 Å². The van der Waals surface area contributed by atoms with Gasteiger partial charge in [-0.05, 0) is 33.6 Å². The van der Waals surface area contributed by atoms with Crippen LogP contribution < -0.4 is 0 Å². The molecule has 1 fully saturated rings. The fraction of sp³-hybridized carbons (Fsp3) is 0.900. The molecule has 13 heavy (non-hydrogen) atoms. The van der Waals surface area contributed by atoms with Gasteiger partial charge in [-0.3, -0.25) is 10.1 Å². The Kier molecular flexibility index (Phi) is 5.91. The van der Waals surface area contributed by atoms with Crippen molar-refractivity contribution in [3.63, 3.8) is 0 Å². The second kappa shape index (κ2) is 6.11. The lowest BCUT2D eigenvalue weighted by atomic mass is 10.00. The summed E-state index contributed by atoms with van der Waals surface area (Å²) in [5.41, 5.74) is -0.403. The minimum Gasteiger partial charge on any atom is -0.300 e. The van der Waals surface area contributed by atoms with Gasteiger partial charge in [0.15, 0.2) is 0 Å². The Bertz CT molecular complexity index is 139. The highest BCUT2D eigenvalue weighted by molar-refractivity contribution is 5.78. The third kappa shape index (κ3) is 9.50. The molecule has 0 aromatic carbocycles. The zero-order valence-electron chi connectivity index (χ0n) is 8.80. The third-order valence-corrected chi connectivity index (χ3v) is 1.69. The molecule has 0 unspecified atom stereocenters. The van der Waals surface area contributed by atoms with Gasteiger partial charge in [0.05, 0.1) is 5.60 Å². The van der Waals surface area contributed by atoms with E-state index in [9.17, 15) is 4.79 Å². The fourth-order valence-corrected chi connectivity index (χ4v) is 0.946. The molecule has 0 aromatic rings. The number of rotatable bonds is 0. The molecular weight excluding hydrogens is 168 g/mol. The second-order valence-corrected chi connectivity index (χ2v) is 4.30. The average molecular weight is 188 g/mol. The second-order valence-electron chi connectivity index (χ2n) is 4.30. The topological polar surface area (TPSA) is 46.5 Å². The summed E-state index contributed by atoms with van der Waals surface area (Å²) in [5.74, 6) is 0.464. The van der Waals surface area contributed by atoms with Crippen LogP contribution in [0, 0.1) is 0 Å². The quantitative estimate of drug-likeness (QED) is 0.469. The number of carbonyl (C=O) groups is 1. The summed E-state index contributed by atoms with van der Waals surface area (Å²) in [7, 11) is 0. The molecule has 0 aromatic heterocycles. The first-order valence-corrected chi connectivity index (χ1v) is 4.80. The maximum absolute atomic E-state index is 10.5. The monoisotopic (exact) mass is 188 g/mol. The van der Waals surface area contributed by atoms with E-state index in [1.807, 2.05) is 0 Å². The lowest BCUT2D eigenvalue weighted by Gasteiger charge is -2.10. The van der Waals surface area contributed by atoms with E-state index in [-0.39, 0.29) is 0 Å². The van der Waals surface area contributed by atoms with Crippen molar-refractivity contribution in [1.82, 2.24) is 0 Å². The van der Waals surface area contributed by atoms with Gasteiger partial charge < -0.3 is 0 Å². The van der Waals surface area contributed by atoms with E-state index < -0.39 is 5.60 Å². The molecule has 1 aliphatic rings. The molecule has 0 heterocycles. The minimum atomic E-state index is -0.403. The molecule has 0 spiro atoms. The van der Waals surface area contributed by atoms with Gasteiger partial charge in [0.25, 0.3) is 0 Å². The normalized spacial score (nSPS) is 17.7. The van der Waals surface area contributed by atoms with Crippen LogP contribution in [0.25, 0.3) is 0 Å². The molecule has 0 aliphatic heterocycles. The van der Waals surface area contributed by atoms with Gasteiger partial charge in [0.1, 0.15) is 5.78 Å². The van der Waals surface area contributed by atoms with Gasteiger partial charge in [-0.15, -0.1) is 0 Å². The SMILES string of the molecule is CC(C)(C)OO.O=C1CCCCC1. The van der Waals surface area contributed by atoms with Gasteiger partial charge in [-0.1, -0.05) is 6.42 Å². The van der Waals surface area contributed by atoms with Gasteiger partial charge in [0, 0.05) is 12.8 Å². The molecule has 3 heteroatoms. The predicted molar refractivity (Wildman–Crippen MR) is 51.6 cm³/mol. The van der Waals surface area contributed by atoms with Gasteiger partial charge in [0.2, 0.25) is 0 Å². The Morgan fingerprint density at radius 2 is 1.54 bits per heavy atom. The lowest BCUT2D eigenvalue weighted by molar-refractivity contribution is -0.306. The van der Waals surface area contributed by atoms with Crippen LogP contribution in [-0.4, -0.2) is 16.6 Å². The van der Waals surface area contributed by atoms with Gasteiger partial charge >= 0.3 is 0 Å². The summed E-state index contributed by atoms with van der Waals surface area (Å²) in [6, 6.07) is 0. The maximum Gasteiger partial charge on any atom is 0.132 e. The van der Waals surface area contributed by atoms with Crippen LogP contribution in [0.5, 0.6) is 0 Å². The van der Waals surface area contributed by atoms with Crippen molar-refractivity contribution in [2.45, 2.75) is 58.5 Å². The highest BCUT2D eigenvalue weighted by Gasteiger charge is 2.07. The Morgan fingerprint density at radius 1 is 1.15 bits per heavy atom. The molecular formula is C10H20O3. The molecule has 1 rings (SSSR count). The Balaban J connectivity index is 0.000000226. The highest BCUT2D eigenvalue weighted by atomic mass is 17.1. The third-order valence-electron chi connectivity index (χ3n) is 1.69. The van der Waals surface area contributed by atoms with E-state index in [1.54, 1.807) is 20.8 Å². The molecule has 0 saturated heterocycles. The molecule has 0 radical (unpaired) electrons. The first-order valence-electron chi connectivity index (χ1n) is 4.80. The van der Waals surface area contributed by atoms with Crippen molar-refractivity contribution in [2.75, 3.05) is 0 Å². The van der Waals surface area contributed by atoms with Crippen LogP contribution in [0.4, 0.5) is 0 Å². The highest BCUT2D eigenvalue weighted by Crippen LogP contribution is 2.12. The van der Waals surface area contributed by atoms with Crippen LogP contribution in [0.3, 0.4) is 0 Å². The van der Waals surface area contributed by atoms with E-state index >= 15 is 0 Å². The average Bonchev–Trinajstić information content (AvgIpc) is 2.06. The van der Waals surface area contributed by atoms with E-state index in [4.69, 9.17) is 5.26 Å². The summed E-state index contributed by atoms with van der Waals surface area (Å²) in [5, 5.41) is 7.90. The number of Topliss-reactive ketones (excluding diaryl/α,β-unsaturated/α-hetero) is 1. The fourth-order valence-electron chi connectivity index (χ4n) is 0.946. The van der Waals surface area contributed by atoms with Crippen molar-refractivity contribution in [3.05, 3.63) is 0 Å². The lowest BCUT2D eigenvalue weighted by Crippen LogP contribution is -2.15. The summed E-state index contributed by atoms with van der Waals surface area (Å²) in [6.07, 6.45) is 5.24. The predicted octanol–water partition coefficient (Wildman–Crippen LogP) is 2.79. The first kappa shape index (κ1) is 12.6.